The molecule has 6 aliphatic rings. The normalized spacial score (nSPS) is 18.2. The van der Waals surface area contributed by atoms with Crippen LogP contribution in [0, 0.1) is 0 Å². The Morgan fingerprint density at radius 3 is 1.96 bits per heavy atom. The van der Waals surface area contributed by atoms with Crippen molar-refractivity contribution in [3.05, 3.63) is 127 Å². The first-order chi connectivity index (χ1) is 27.2. The minimum Gasteiger partial charge on any atom is -0.357 e. The number of halogens is 1. The molecular weight excluding hydrogens is 742 g/mol. The Kier molecular flexibility index (Phi) is 7.54. The molecule has 5 aromatic heterocycles. The first kappa shape index (κ1) is 33.8. The molecule has 56 heavy (non-hydrogen) atoms. The van der Waals surface area contributed by atoms with Gasteiger partial charge in [0.25, 0.3) is 17.7 Å². The number of aryl methyl sites for hydroxylation is 2. The number of rotatable bonds is 4. The maximum atomic E-state index is 12.9. The van der Waals surface area contributed by atoms with Gasteiger partial charge in [-0.15, -0.1) is 11.3 Å². The predicted molar refractivity (Wildman–Crippen MR) is 215 cm³/mol. The highest BCUT2D eigenvalue weighted by atomic mass is 35.5. The molecule has 0 saturated heterocycles. The number of amides is 3. The number of hydrogen-bond acceptors (Lipinski definition) is 6. The van der Waals surface area contributed by atoms with Crippen LogP contribution in [0.25, 0.3) is 33.8 Å². The van der Waals surface area contributed by atoms with Gasteiger partial charge in [0, 0.05) is 76.3 Å². The van der Waals surface area contributed by atoms with Crippen LogP contribution < -0.4 is 16.0 Å². The van der Waals surface area contributed by atoms with Crippen molar-refractivity contribution >= 4 is 40.7 Å². The topological polar surface area (TPSA) is 145 Å². The number of H-pyrrole nitrogens is 2. The Balaban J connectivity index is 0.000000147. The maximum Gasteiger partial charge on any atom is 0.261 e. The molecule has 0 radical (unpaired) electrons. The van der Waals surface area contributed by atoms with Crippen molar-refractivity contribution in [2.24, 2.45) is 0 Å². The molecular formula is C44H38ClN7O3S. The average molecular weight is 780 g/mol. The number of nitrogens with one attached hydrogen (secondary N) is 5. The fourth-order valence-corrected chi connectivity index (χ4v) is 10.2. The summed E-state index contributed by atoms with van der Waals surface area (Å²) in [6.45, 7) is 0.499. The summed E-state index contributed by atoms with van der Waals surface area (Å²) in [6.07, 6.45) is 13.4. The van der Waals surface area contributed by atoms with Crippen LogP contribution in [0.3, 0.4) is 0 Å². The summed E-state index contributed by atoms with van der Waals surface area (Å²) in [6, 6.07) is 15.8. The van der Waals surface area contributed by atoms with Crippen LogP contribution in [0.1, 0.15) is 95.3 Å². The van der Waals surface area contributed by atoms with Gasteiger partial charge in [0.1, 0.15) is 5.15 Å². The minimum atomic E-state index is -0.0811. The molecule has 2 fully saturated rings. The number of benzene rings is 1. The van der Waals surface area contributed by atoms with Gasteiger partial charge in [-0.25, -0.2) is 4.98 Å². The monoisotopic (exact) mass is 779 g/mol. The highest BCUT2D eigenvalue weighted by molar-refractivity contribution is 7.12. The quantitative estimate of drug-likeness (QED) is 0.119. The first-order valence-electron chi connectivity index (χ1n) is 19.4. The van der Waals surface area contributed by atoms with E-state index in [4.69, 9.17) is 16.6 Å². The van der Waals surface area contributed by atoms with E-state index in [9.17, 15) is 14.4 Å². The number of aromatic amines is 2. The summed E-state index contributed by atoms with van der Waals surface area (Å²) in [5, 5.41) is 11.9. The Morgan fingerprint density at radius 2 is 1.36 bits per heavy atom. The summed E-state index contributed by atoms with van der Waals surface area (Å²) in [4.78, 5) is 54.8. The number of nitrogens with zero attached hydrogens (tertiary/aromatic N) is 2. The van der Waals surface area contributed by atoms with Gasteiger partial charge in [-0.2, -0.15) is 0 Å². The van der Waals surface area contributed by atoms with Crippen LogP contribution in [-0.2, 0) is 45.1 Å². The fraction of sp³-hybridized carbons (Fsp3) is 0.295. The third kappa shape index (κ3) is 5.70. The van der Waals surface area contributed by atoms with Crippen LogP contribution in [0.4, 0.5) is 0 Å². The molecule has 2 spiro atoms. The lowest BCUT2D eigenvalue weighted by Crippen LogP contribution is -2.43. The smallest absolute Gasteiger partial charge is 0.261 e. The van der Waals surface area contributed by atoms with Crippen molar-refractivity contribution in [3.8, 4) is 33.8 Å². The van der Waals surface area contributed by atoms with Crippen molar-refractivity contribution in [3.63, 3.8) is 0 Å². The molecule has 1 aromatic carbocycles. The predicted octanol–water partition coefficient (Wildman–Crippen LogP) is 7.30. The van der Waals surface area contributed by atoms with Gasteiger partial charge in [-0.3, -0.25) is 19.4 Å². The SMILES string of the molecule is O=C(NCc1ccccc1)c1cc(-c2cc3c(cn2)CCc2c-3[nH]c3c2C(=O)NC2(CC2)C3)cs1.O=C1NC2(CC2)Cc2[nH]c3c(c21)CCc1cnc(Cl)cc1-3. The van der Waals surface area contributed by atoms with E-state index in [1.807, 2.05) is 60.2 Å². The van der Waals surface area contributed by atoms with E-state index < -0.39 is 0 Å². The largest absolute Gasteiger partial charge is 0.357 e. The van der Waals surface area contributed by atoms with E-state index in [1.54, 1.807) is 0 Å². The summed E-state index contributed by atoms with van der Waals surface area (Å²) in [7, 11) is 0. The second-order valence-corrected chi connectivity index (χ2v) is 17.5. The molecule has 3 amide bonds. The highest BCUT2D eigenvalue weighted by Gasteiger charge is 2.50. The molecule has 0 bridgehead atoms. The lowest BCUT2D eigenvalue weighted by molar-refractivity contribution is 0.0908. The average Bonchev–Trinajstić information content (AvgIpc) is 3.91. The summed E-state index contributed by atoms with van der Waals surface area (Å²) >= 11 is 7.48. The zero-order valence-corrected chi connectivity index (χ0v) is 32.1. The fourth-order valence-electron chi connectivity index (χ4n) is 9.18. The molecule has 5 N–H and O–H groups in total. The van der Waals surface area contributed by atoms with Crippen molar-refractivity contribution in [2.45, 2.75) is 81.8 Å². The summed E-state index contributed by atoms with van der Waals surface area (Å²) < 4.78 is 0. The number of hydrogen-bond donors (Lipinski definition) is 5. The number of aromatic nitrogens is 4. The van der Waals surface area contributed by atoms with Gasteiger partial charge in [0.05, 0.1) is 33.1 Å². The van der Waals surface area contributed by atoms with Gasteiger partial charge in [0.2, 0.25) is 0 Å². The molecule has 12 rings (SSSR count). The number of carbonyl (C=O) groups excluding carboxylic acids is 3. The Labute approximate surface area is 331 Å². The standard InChI is InChI=1S/C28H24N4O2S.C16H14ClN3O/c33-26(30-13-16-4-2-1-3-5-16)23-10-18(15-35-23)21-11-20-17(14-29-21)6-7-19-24-22(31-25(19)20)12-28(8-9-28)32-27(24)34;17-12-5-10-8(7-18-12)1-2-9-13-11(19-14(9)10)6-16(3-4-16)20-15(13)21/h1-5,10-11,14-15,31H,6-9,12-13H2,(H,30,33)(H,32,34);5,7,19H,1-4,6H2,(H,20,21). The zero-order chi connectivity index (χ0) is 37.8. The zero-order valence-electron chi connectivity index (χ0n) is 30.5. The molecule has 6 aromatic rings. The van der Waals surface area contributed by atoms with Crippen molar-refractivity contribution in [1.29, 1.82) is 0 Å². The first-order valence-corrected chi connectivity index (χ1v) is 20.7. The van der Waals surface area contributed by atoms with Crippen molar-refractivity contribution < 1.29 is 14.4 Å². The van der Waals surface area contributed by atoms with E-state index in [2.05, 4.69) is 37.0 Å². The summed E-state index contributed by atoms with van der Waals surface area (Å²) in [5.74, 6) is 0.0836. The third-order valence-electron chi connectivity index (χ3n) is 12.5. The summed E-state index contributed by atoms with van der Waals surface area (Å²) in [5.41, 5.74) is 15.8. The van der Waals surface area contributed by atoms with Gasteiger partial charge < -0.3 is 25.9 Å². The third-order valence-corrected chi connectivity index (χ3v) is 13.6. The minimum absolute atomic E-state index is 0.0159. The number of fused-ring (bicyclic) bond motifs is 10. The van der Waals surface area contributed by atoms with Gasteiger partial charge in [0.15, 0.2) is 0 Å². The van der Waals surface area contributed by atoms with Gasteiger partial charge in [-0.1, -0.05) is 41.9 Å². The van der Waals surface area contributed by atoms with Crippen molar-refractivity contribution in [1.82, 2.24) is 35.9 Å². The van der Waals surface area contributed by atoms with Crippen LogP contribution >= 0.6 is 22.9 Å². The Morgan fingerprint density at radius 1 is 0.768 bits per heavy atom. The van der Waals surface area contributed by atoms with Crippen LogP contribution in [0.15, 0.2) is 66.3 Å². The molecule has 280 valence electrons. The van der Waals surface area contributed by atoms with Gasteiger partial charge in [-0.05, 0) is 97.4 Å². The van der Waals surface area contributed by atoms with E-state index in [-0.39, 0.29) is 28.8 Å². The molecule has 2 saturated carbocycles. The van der Waals surface area contributed by atoms with E-state index in [0.717, 1.165) is 137 Å². The van der Waals surface area contributed by atoms with E-state index in [0.29, 0.717) is 16.6 Å². The second-order valence-electron chi connectivity index (χ2n) is 16.2. The lowest BCUT2D eigenvalue weighted by atomic mass is 9.87. The molecule has 0 atom stereocenters. The van der Waals surface area contributed by atoms with E-state index >= 15 is 0 Å². The van der Waals surface area contributed by atoms with Crippen molar-refractivity contribution in [2.75, 3.05) is 0 Å². The van der Waals surface area contributed by atoms with E-state index in [1.165, 1.54) is 22.5 Å². The lowest BCUT2D eigenvalue weighted by Gasteiger charge is -2.24. The molecule has 2 aliphatic heterocycles. The second kappa shape index (κ2) is 12.5. The number of carbonyl (C=O) groups is 3. The molecule has 12 heteroatoms. The maximum absolute atomic E-state index is 12.9. The Hall–Kier alpha value is -5.52. The molecule has 4 aliphatic carbocycles. The highest BCUT2D eigenvalue weighted by Crippen LogP contribution is 2.47. The molecule has 7 heterocycles. The van der Waals surface area contributed by atoms with Gasteiger partial charge >= 0.3 is 0 Å². The van der Waals surface area contributed by atoms with Crippen LogP contribution in [0.5, 0.6) is 0 Å². The van der Waals surface area contributed by atoms with Crippen LogP contribution in [-0.4, -0.2) is 48.7 Å². The Bertz CT molecular complexity index is 2650. The van der Waals surface area contributed by atoms with Crippen LogP contribution in [0.2, 0.25) is 5.15 Å². The number of thiophene rings is 1. The molecule has 10 nitrogen and oxygen atoms in total. The molecule has 0 unspecified atom stereocenters. The number of pyridine rings is 2.